The van der Waals surface area contributed by atoms with Crippen molar-refractivity contribution in [1.82, 2.24) is 4.98 Å². The topological polar surface area (TPSA) is 38.9 Å². The van der Waals surface area contributed by atoms with Crippen LogP contribution >= 0.6 is 11.8 Å². The van der Waals surface area contributed by atoms with Gasteiger partial charge in [0, 0.05) is 12.2 Å². The van der Waals surface area contributed by atoms with Crippen molar-refractivity contribution in [1.29, 1.82) is 0 Å². The second kappa shape index (κ2) is 6.12. The van der Waals surface area contributed by atoms with Crippen molar-refractivity contribution in [2.75, 3.05) is 0 Å². The molecule has 1 unspecified atom stereocenters. The lowest BCUT2D eigenvalue weighted by molar-refractivity contribution is 0.577. The average Bonchev–Trinajstić information content (AvgIpc) is 2.35. The molecular weight excluding hydrogens is 266 g/mol. The fourth-order valence-electron chi connectivity index (χ4n) is 1.68. The highest BCUT2D eigenvalue weighted by molar-refractivity contribution is 7.99. The number of pyridine rings is 1. The third kappa shape index (κ3) is 3.75. The third-order valence-electron chi connectivity index (χ3n) is 2.49. The van der Waals surface area contributed by atoms with Crippen LogP contribution in [0, 0.1) is 11.6 Å². The number of aromatic nitrogens is 1. The van der Waals surface area contributed by atoms with E-state index < -0.39 is 11.6 Å². The maximum Gasteiger partial charge on any atom is 0.137 e. The Morgan fingerprint density at radius 2 is 2.11 bits per heavy atom. The molecule has 0 aliphatic carbocycles. The van der Waals surface area contributed by atoms with Gasteiger partial charge in [-0.1, -0.05) is 17.8 Å². The second-order valence-electron chi connectivity index (χ2n) is 4.33. The first-order valence-corrected chi connectivity index (χ1v) is 6.70. The van der Waals surface area contributed by atoms with Crippen molar-refractivity contribution in [2.24, 2.45) is 5.73 Å². The van der Waals surface area contributed by atoms with Gasteiger partial charge in [-0.3, -0.25) is 0 Å². The molecular formula is C14H14F2N2S. The highest BCUT2D eigenvalue weighted by Gasteiger charge is 2.11. The average molecular weight is 280 g/mol. The SMILES string of the molecule is CC(N)Cc1cccnc1Sc1cc(F)ccc1F. The summed E-state index contributed by atoms with van der Waals surface area (Å²) in [5.41, 5.74) is 6.71. The van der Waals surface area contributed by atoms with Crippen LogP contribution in [0.25, 0.3) is 0 Å². The smallest absolute Gasteiger partial charge is 0.137 e. The predicted molar refractivity (Wildman–Crippen MR) is 72.1 cm³/mol. The Kier molecular flexibility index (Phi) is 4.50. The summed E-state index contributed by atoms with van der Waals surface area (Å²) in [7, 11) is 0. The summed E-state index contributed by atoms with van der Waals surface area (Å²) in [6, 6.07) is 7.08. The molecule has 0 aliphatic rings. The molecule has 2 N–H and O–H groups in total. The van der Waals surface area contributed by atoms with E-state index in [9.17, 15) is 8.78 Å². The Bertz CT molecular complexity index is 573. The van der Waals surface area contributed by atoms with Crippen molar-refractivity contribution in [3.63, 3.8) is 0 Å². The quantitative estimate of drug-likeness (QED) is 0.933. The second-order valence-corrected chi connectivity index (χ2v) is 5.36. The predicted octanol–water partition coefficient (Wildman–Crippen LogP) is 3.40. The Labute approximate surface area is 115 Å². The van der Waals surface area contributed by atoms with Gasteiger partial charge < -0.3 is 5.73 Å². The summed E-state index contributed by atoms with van der Waals surface area (Å²) in [6.07, 6.45) is 2.28. The van der Waals surface area contributed by atoms with Crippen LogP contribution in [0.15, 0.2) is 46.5 Å². The molecule has 0 amide bonds. The molecule has 0 spiro atoms. The van der Waals surface area contributed by atoms with Gasteiger partial charge in [0.25, 0.3) is 0 Å². The van der Waals surface area contributed by atoms with Crippen molar-refractivity contribution in [3.8, 4) is 0 Å². The highest BCUT2D eigenvalue weighted by atomic mass is 32.2. The van der Waals surface area contributed by atoms with Crippen molar-refractivity contribution in [3.05, 3.63) is 53.7 Å². The summed E-state index contributed by atoms with van der Waals surface area (Å²) in [5, 5.41) is 0.657. The first-order valence-electron chi connectivity index (χ1n) is 5.88. The molecule has 100 valence electrons. The summed E-state index contributed by atoms with van der Waals surface area (Å²) < 4.78 is 26.7. The van der Waals surface area contributed by atoms with E-state index in [-0.39, 0.29) is 10.9 Å². The van der Waals surface area contributed by atoms with Crippen LogP contribution in [0.1, 0.15) is 12.5 Å². The van der Waals surface area contributed by atoms with E-state index in [1.165, 1.54) is 6.07 Å². The number of benzene rings is 1. The Morgan fingerprint density at radius 3 is 2.84 bits per heavy atom. The largest absolute Gasteiger partial charge is 0.328 e. The number of hydrogen-bond donors (Lipinski definition) is 1. The molecule has 2 rings (SSSR count). The van der Waals surface area contributed by atoms with Crippen molar-refractivity contribution >= 4 is 11.8 Å². The van der Waals surface area contributed by atoms with E-state index in [1.807, 2.05) is 19.1 Å². The fraction of sp³-hybridized carbons (Fsp3) is 0.214. The summed E-state index contributed by atoms with van der Waals surface area (Å²) in [5.74, 6) is -0.919. The molecule has 1 aromatic carbocycles. The standard InChI is InChI=1S/C14H14F2N2S/c1-9(17)7-10-3-2-6-18-14(10)19-13-8-11(15)4-5-12(13)16/h2-6,8-9H,7,17H2,1H3. The fourth-order valence-corrected chi connectivity index (χ4v) is 2.62. The van der Waals surface area contributed by atoms with Gasteiger partial charge >= 0.3 is 0 Å². The molecule has 19 heavy (non-hydrogen) atoms. The first kappa shape index (κ1) is 14.0. The monoisotopic (exact) mass is 280 g/mol. The zero-order valence-electron chi connectivity index (χ0n) is 10.4. The first-order chi connectivity index (χ1) is 9.06. The summed E-state index contributed by atoms with van der Waals surface area (Å²) in [4.78, 5) is 4.44. The molecule has 5 heteroatoms. The molecule has 2 aromatic rings. The van der Waals surface area contributed by atoms with Gasteiger partial charge in [-0.2, -0.15) is 0 Å². The van der Waals surface area contributed by atoms with Crippen LogP contribution < -0.4 is 5.73 Å². The molecule has 0 radical (unpaired) electrons. The number of nitrogens with zero attached hydrogens (tertiary/aromatic N) is 1. The normalized spacial score (nSPS) is 12.4. The molecule has 1 heterocycles. The van der Waals surface area contributed by atoms with E-state index in [1.54, 1.807) is 6.20 Å². The zero-order valence-corrected chi connectivity index (χ0v) is 11.3. The van der Waals surface area contributed by atoms with Gasteiger partial charge in [0.2, 0.25) is 0 Å². The highest BCUT2D eigenvalue weighted by Crippen LogP contribution is 2.31. The minimum absolute atomic E-state index is 0.0130. The lowest BCUT2D eigenvalue weighted by Gasteiger charge is -2.10. The van der Waals surface area contributed by atoms with Gasteiger partial charge in [0.15, 0.2) is 0 Å². The van der Waals surface area contributed by atoms with E-state index in [4.69, 9.17) is 5.73 Å². The molecule has 0 saturated heterocycles. The van der Waals surface area contributed by atoms with E-state index in [0.717, 1.165) is 29.5 Å². The molecule has 0 fully saturated rings. The van der Waals surface area contributed by atoms with Crippen LogP contribution in [0.2, 0.25) is 0 Å². The molecule has 1 atom stereocenters. The summed E-state index contributed by atoms with van der Waals surface area (Å²) >= 11 is 1.12. The van der Waals surface area contributed by atoms with Crippen molar-refractivity contribution in [2.45, 2.75) is 29.3 Å². The maximum absolute atomic E-state index is 13.6. The maximum atomic E-state index is 13.6. The molecule has 2 nitrogen and oxygen atoms in total. The van der Waals surface area contributed by atoms with Gasteiger partial charge in [0.1, 0.15) is 16.7 Å². The van der Waals surface area contributed by atoms with Crippen LogP contribution in [-0.4, -0.2) is 11.0 Å². The van der Waals surface area contributed by atoms with Crippen LogP contribution in [0.3, 0.4) is 0 Å². The van der Waals surface area contributed by atoms with E-state index in [2.05, 4.69) is 4.98 Å². The number of halogens is 2. The van der Waals surface area contributed by atoms with E-state index >= 15 is 0 Å². The Morgan fingerprint density at radius 1 is 1.32 bits per heavy atom. The lowest BCUT2D eigenvalue weighted by Crippen LogP contribution is -2.18. The van der Waals surface area contributed by atoms with Crippen LogP contribution in [-0.2, 0) is 6.42 Å². The van der Waals surface area contributed by atoms with Gasteiger partial charge in [0.05, 0.1) is 4.90 Å². The molecule has 0 bridgehead atoms. The minimum atomic E-state index is -0.464. The Balaban J connectivity index is 2.30. The van der Waals surface area contributed by atoms with E-state index in [0.29, 0.717) is 11.4 Å². The Hall–Kier alpha value is -1.46. The summed E-state index contributed by atoms with van der Waals surface area (Å²) in [6.45, 7) is 1.89. The number of hydrogen-bond acceptors (Lipinski definition) is 3. The molecule has 0 saturated carbocycles. The van der Waals surface area contributed by atoms with Gasteiger partial charge in [-0.15, -0.1) is 0 Å². The van der Waals surface area contributed by atoms with Gasteiger partial charge in [-0.05, 0) is 43.2 Å². The van der Waals surface area contributed by atoms with Gasteiger partial charge in [-0.25, -0.2) is 13.8 Å². The van der Waals surface area contributed by atoms with Crippen LogP contribution in [0.5, 0.6) is 0 Å². The number of nitrogens with two attached hydrogens (primary N) is 1. The van der Waals surface area contributed by atoms with Crippen LogP contribution in [0.4, 0.5) is 8.78 Å². The van der Waals surface area contributed by atoms with Crippen molar-refractivity contribution < 1.29 is 8.78 Å². The molecule has 0 aliphatic heterocycles. The zero-order chi connectivity index (χ0) is 13.8. The number of rotatable bonds is 4. The third-order valence-corrected chi connectivity index (χ3v) is 3.59. The molecule has 1 aromatic heterocycles. The lowest BCUT2D eigenvalue weighted by atomic mass is 10.1. The minimum Gasteiger partial charge on any atom is -0.328 e.